The summed E-state index contributed by atoms with van der Waals surface area (Å²) < 4.78 is 0. The number of aromatic nitrogens is 1. The fraction of sp³-hybridized carbons (Fsp3) is 0.636. The summed E-state index contributed by atoms with van der Waals surface area (Å²) in [6.07, 6.45) is 3.15. The average Bonchev–Trinajstić information content (AvgIpc) is 2.36. The van der Waals surface area contributed by atoms with E-state index in [9.17, 15) is 0 Å². The Kier molecular flexibility index (Phi) is 2.81. The zero-order chi connectivity index (χ0) is 10.1. The molecule has 1 rings (SSSR count). The van der Waals surface area contributed by atoms with Crippen LogP contribution < -0.4 is 5.32 Å². The highest BCUT2D eigenvalue weighted by Crippen LogP contribution is 2.18. The first-order chi connectivity index (χ1) is 5.96. The largest absolute Gasteiger partial charge is 0.365 e. The molecule has 0 radical (unpaired) electrons. The lowest BCUT2D eigenvalue weighted by Crippen LogP contribution is -2.38. The third kappa shape index (κ3) is 2.34. The first-order valence-corrected chi connectivity index (χ1v) is 4.78. The van der Waals surface area contributed by atoms with Crippen LogP contribution in [0.2, 0.25) is 0 Å². The lowest BCUT2D eigenvalue weighted by molar-refractivity contribution is 0.421. The zero-order valence-electron chi connectivity index (χ0n) is 9.28. The second-order valence-corrected chi connectivity index (χ2v) is 4.39. The van der Waals surface area contributed by atoms with Gasteiger partial charge in [0.15, 0.2) is 0 Å². The van der Waals surface area contributed by atoms with Gasteiger partial charge in [0, 0.05) is 17.4 Å². The van der Waals surface area contributed by atoms with E-state index in [1.54, 1.807) is 0 Å². The number of hydrogen-bond acceptors (Lipinski definition) is 1. The van der Waals surface area contributed by atoms with Gasteiger partial charge in [-0.25, -0.2) is 0 Å². The van der Waals surface area contributed by atoms with Gasteiger partial charge in [0.05, 0.1) is 0 Å². The number of hydrogen-bond donors (Lipinski definition) is 2. The van der Waals surface area contributed by atoms with Crippen LogP contribution in [-0.2, 0) is 6.42 Å². The van der Waals surface area contributed by atoms with E-state index in [1.165, 1.54) is 16.8 Å². The van der Waals surface area contributed by atoms with E-state index in [0.717, 1.165) is 6.42 Å². The molecular formula is C11H20N2. The molecule has 0 aliphatic carbocycles. The van der Waals surface area contributed by atoms with E-state index in [4.69, 9.17) is 0 Å². The van der Waals surface area contributed by atoms with Crippen molar-refractivity contribution in [3.63, 3.8) is 0 Å². The summed E-state index contributed by atoms with van der Waals surface area (Å²) in [4.78, 5) is 3.26. The monoisotopic (exact) mass is 180 g/mol. The smallest absolute Gasteiger partial charge is 0.0163 e. The predicted octanol–water partition coefficient (Wildman–Crippen LogP) is 2.17. The summed E-state index contributed by atoms with van der Waals surface area (Å²) in [5, 5.41) is 3.32. The number of aromatic amines is 1. The van der Waals surface area contributed by atoms with Crippen LogP contribution in [0.1, 0.15) is 30.7 Å². The summed E-state index contributed by atoms with van der Waals surface area (Å²) in [7, 11) is 2.01. The van der Waals surface area contributed by atoms with Crippen molar-refractivity contribution in [2.45, 2.75) is 39.7 Å². The van der Waals surface area contributed by atoms with Crippen molar-refractivity contribution in [2.75, 3.05) is 7.05 Å². The average molecular weight is 180 g/mol. The van der Waals surface area contributed by atoms with Crippen molar-refractivity contribution in [3.8, 4) is 0 Å². The van der Waals surface area contributed by atoms with Crippen molar-refractivity contribution in [2.24, 2.45) is 0 Å². The molecule has 74 valence electrons. The molecule has 0 spiro atoms. The maximum Gasteiger partial charge on any atom is 0.0163 e. The fourth-order valence-corrected chi connectivity index (χ4v) is 1.49. The number of rotatable bonds is 3. The molecule has 0 atom stereocenters. The maximum atomic E-state index is 3.32. The molecule has 0 amide bonds. The van der Waals surface area contributed by atoms with E-state index in [0.29, 0.717) is 0 Å². The Morgan fingerprint density at radius 1 is 1.38 bits per heavy atom. The molecule has 0 aromatic carbocycles. The van der Waals surface area contributed by atoms with Gasteiger partial charge in [-0.15, -0.1) is 0 Å². The molecule has 0 bridgehead atoms. The summed E-state index contributed by atoms with van der Waals surface area (Å²) >= 11 is 0. The highest BCUT2D eigenvalue weighted by atomic mass is 14.9. The fourth-order valence-electron chi connectivity index (χ4n) is 1.49. The van der Waals surface area contributed by atoms with Crippen LogP contribution in [0, 0.1) is 13.8 Å². The van der Waals surface area contributed by atoms with Crippen LogP contribution >= 0.6 is 0 Å². The molecule has 1 aromatic rings. The molecule has 2 N–H and O–H groups in total. The Hall–Kier alpha value is -0.760. The van der Waals surface area contributed by atoms with Crippen molar-refractivity contribution in [3.05, 3.63) is 23.0 Å². The van der Waals surface area contributed by atoms with Gasteiger partial charge in [0.2, 0.25) is 0 Å². The van der Waals surface area contributed by atoms with Gasteiger partial charge in [0.25, 0.3) is 0 Å². The minimum atomic E-state index is 0.178. The Morgan fingerprint density at radius 2 is 2.00 bits per heavy atom. The van der Waals surface area contributed by atoms with Crippen molar-refractivity contribution in [1.29, 1.82) is 0 Å². The van der Waals surface area contributed by atoms with E-state index >= 15 is 0 Å². The molecule has 1 heterocycles. The van der Waals surface area contributed by atoms with Gasteiger partial charge in [0.1, 0.15) is 0 Å². The summed E-state index contributed by atoms with van der Waals surface area (Å²) in [6.45, 7) is 8.73. The van der Waals surface area contributed by atoms with Gasteiger partial charge in [-0.1, -0.05) is 0 Å². The van der Waals surface area contributed by atoms with E-state index in [2.05, 4.69) is 44.2 Å². The maximum absolute atomic E-state index is 3.32. The molecule has 0 fully saturated rings. The summed E-state index contributed by atoms with van der Waals surface area (Å²) in [5.41, 5.74) is 4.28. The molecule has 13 heavy (non-hydrogen) atoms. The van der Waals surface area contributed by atoms with Crippen LogP contribution in [0.15, 0.2) is 6.20 Å². The highest BCUT2D eigenvalue weighted by molar-refractivity contribution is 5.30. The molecule has 0 saturated carbocycles. The van der Waals surface area contributed by atoms with Gasteiger partial charge in [-0.05, 0) is 52.3 Å². The standard InChI is InChI=1S/C11H20N2/c1-8-7-13-9(2)10(8)6-11(3,4)12-5/h7,12-13H,6H2,1-5H3. The van der Waals surface area contributed by atoms with Crippen molar-refractivity contribution in [1.82, 2.24) is 10.3 Å². The van der Waals surface area contributed by atoms with Crippen LogP contribution in [0.3, 0.4) is 0 Å². The third-order valence-corrected chi connectivity index (χ3v) is 2.73. The zero-order valence-corrected chi connectivity index (χ0v) is 9.28. The Bertz CT molecular complexity index is 265. The van der Waals surface area contributed by atoms with Crippen LogP contribution in [0.5, 0.6) is 0 Å². The second-order valence-electron chi connectivity index (χ2n) is 4.39. The Labute approximate surface area is 80.7 Å². The number of nitrogens with one attached hydrogen (secondary N) is 2. The SMILES string of the molecule is CNC(C)(C)Cc1c(C)c[nH]c1C. The minimum absolute atomic E-state index is 0.178. The summed E-state index contributed by atoms with van der Waals surface area (Å²) in [6, 6.07) is 0. The first kappa shape index (κ1) is 10.3. The van der Waals surface area contributed by atoms with Gasteiger partial charge in [-0.2, -0.15) is 0 Å². The van der Waals surface area contributed by atoms with Crippen LogP contribution in [-0.4, -0.2) is 17.6 Å². The lowest BCUT2D eigenvalue weighted by atomic mass is 9.93. The molecular weight excluding hydrogens is 160 g/mol. The lowest BCUT2D eigenvalue weighted by Gasteiger charge is -2.24. The molecule has 0 unspecified atom stereocenters. The van der Waals surface area contributed by atoms with Crippen molar-refractivity contribution >= 4 is 0 Å². The van der Waals surface area contributed by atoms with Gasteiger partial charge in [-0.3, -0.25) is 0 Å². The third-order valence-electron chi connectivity index (χ3n) is 2.73. The molecule has 2 nitrogen and oxygen atoms in total. The Morgan fingerprint density at radius 3 is 2.38 bits per heavy atom. The molecule has 0 aliphatic rings. The molecule has 2 heteroatoms. The summed E-state index contributed by atoms with van der Waals surface area (Å²) in [5.74, 6) is 0. The number of aryl methyl sites for hydroxylation is 2. The minimum Gasteiger partial charge on any atom is -0.365 e. The second kappa shape index (κ2) is 3.54. The van der Waals surface area contributed by atoms with Crippen molar-refractivity contribution < 1.29 is 0 Å². The van der Waals surface area contributed by atoms with E-state index in [1.807, 2.05) is 7.05 Å². The topological polar surface area (TPSA) is 27.8 Å². The van der Waals surface area contributed by atoms with Crippen LogP contribution in [0.25, 0.3) is 0 Å². The number of likely N-dealkylation sites (N-methyl/N-ethyl adjacent to an activating group) is 1. The Balaban J connectivity index is 2.85. The highest BCUT2D eigenvalue weighted by Gasteiger charge is 2.18. The van der Waals surface area contributed by atoms with E-state index in [-0.39, 0.29) is 5.54 Å². The van der Waals surface area contributed by atoms with Crippen LogP contribution in [0.4, 0.5) is 0 Å². The van der Waals surface area contributed by atoms with Gasteiger partial charge < -0.3 is 10.3 Å². The number of H-pyrrole nitrogens is 1. The normalized spacial score (nSPS) is 12.1. The first-order valence-electron chi connectivity index (χ1n) is 4.78. The molecule has 1 aromatic heterocycles. The van der Waals surface area contributed by atoms with E-state index < -0.39 is 0 Å². The quantitative estimate of drug-likeness (QED) is 0.733. The van der Waals surface area contributed by atoms with Gasteiger partial charge >= 0.3 is 0 Å². The molecule has 0 saturated heterocycles. The molecule has 0 aliphatic heterocycles. The predicted molar refractivity (Wildman–Crippen MR) is 57.1 cm³/mol.